The van der Waals surface area contributed by atoms with Gasteiger partial charge in [-0.05, 0) is 36.4 Å². The van der Waals surface area contributed by atoms with Crippen molar-refractivity contribution in [1.29, 1.82) is 0 Å². The van der Waals surface area contributed by atoms with E-state index in [2.05, 4.69) is 30.6 Å². The van der Waals surface area contributed by atoms with E-state index < -0.39 is 10.0 Å². The highest BCUT2D eigenvalue weighted by Crippen LogP contribution is 2.23. The molecular weight excluding hydrogens is 430 g/mol. The van der Waals surface area contributed by atoms with Gasteiger partial charge >= 0.3 is 0 Å². The average molecular weight is 445 g/mol. The standard InChI is InChI=1S/C18H15BrN5O2S/c1-23-10-11-24(12-23)18-17(20-15-4-2-3-5-16(15)21-18)22-27(25,26)14-8-6-13(19)7-9-14/h2-12H,1H3,(H,20,22)/q+1. The van der Waals surface area contributed by atoms with E-state index in [1.807, 2.05) is 36.0 Å². The van der Waals surface area contributed by atoms with E-state index in [4.69, 9.17) is 0 Å². The van der Waals surface area contributed by atoms with Crippen LogP contribution in [-0.2, 0) is 17.1 Å². The summed E-state index contributed by atoms with van der Waals surface area (Å²) in [5, 5.41) is 0. The summed E-state index contributed by atoms with van der Waals surface area (Å²) in [5.41, 5.74) is 1.28. The van der Waals surface area contributed by atoms with E-state index in [0.717, 1.165) is 4.47 Å². The summed E-state index contributed by atoms with van der Waals surface area (Å²) >= 11 is 3.31. The Balaban J connectivity index is 1.85. The van der Waals surface area contributed by atoms with Gasteiger partial charge in [-0.1, -0.05) is 28.1 Å². The Hall–Kier alpha value is -2.78. The molecule has 0 saturated carbocycles. The largest absolute Gasteiger partial charge is 0.270 e. The van der Waals surface area contributed by atoms with Crippen molar-refractivity contribution in [2.24, 2.45) is 7.05 Å². The van der Waals surface area contributed by atoms with Gasteiger partial charge < -0.3 is 0 Å². The molecule has 0 atom stereocenters. The number of hydrogen-bond acceptors (Lipinski definition) is 4. The zero-order valence-electron chi connectivity index (χ0n) is 14.2. The summed E-state index contributed by atoms with van der Waals surface area (Å²) < 4.78 is 32.6. The molecule has 0 aliphatic carbocycles. The summed E-state index contributed by atoms with van der Waals surface area (Å²) in [6, 6.07) is 13.7. The molecule has 2 aromatic carbocycles. The van der Waals surface area contributed by atoms with Crippen LogP contribution in [0, 0.1) is 0 Å². The van der Waals surface area contributed by atoms with Gasteiger partial charge in [0.15, 0.2) is 0 Å². The predicted molar refractivity (Wildman–Crippen MR) is 105 cm³/mol. The lowest BCUT2D eigenvalue weighted by atomic mass is 10.3. The molecule has 0 amide bonds. The maximum atomic E-state index is 12.8. The maximum absolute atomic E-state index is 12.8. The SMILES string of the molecule is C[n+]1ccn(-c2nc3ccccc3nc2NS(=O)(=O)c2ccc(Br)cc2)c1. The number of nitrogens with zero attached hydrogens (tertiary/aromatic N) is 4. The van der Waals surface area contributed by atoms with Gasteiger partial charge in [0.1, 0.15) is 12.4 Å². The Kier molecular flexibility index (Phi) is 4.40. The van der Waals surface area contributed by atoms with Gasteiger partial charge in [-0.3, -0.25) is 4.72 Å². The first-order valence-corrected chi connectivity index (χ1v) is 10.3. The van der Waals surface area contributed by atoms with Crippen molar-refractivity contribution in [2.75, 3.05) is 4.72 Å². The third-order valence-corrected chi connectivity index (χ3v) is 5.80. The molecule has 27 heavy (non-hydrogen) atoms. The summed E-state index contributed by atoms with van der Waals surface area (Å²) in [4.78, 5) is 9.24. The highest BCUT2D eigenvalue weighted by atomic mass is 79.9. The van der Waals surface area contributed by atoms with Crippen LogP contribution in [-0.4, -0.2) is 23.0 Å². The topological polar surface area (TPSA) is 80.8 Å². The first-order chi connectivity index (χ1) is 12.9. The average Bonchev–Trinajstić information content (AvgIpc) is 3.07. The zero-order valence-corrected chi connectivity index (χ0v) is 16.6. The van der Waals surface area contributed by atoms with E-state index in [9.17, 15) is 8.42 Å². The molecule has 9 heteroatoms. The number of imidazole rings is 1. The summed E-state index contributed by atoms with van der Waals surface area (Å²) in [5.74, 6) is 0.558. The molecule has 0 unspecified atom stereocenters. The first kappa shape index (κ1) is 17.6. The Labute approximate surface area is 164 Å². The van der Waals surface area contributed by atoms with Crippen LogP contribution in [0.25, 0.3) is 16.9 Å². The highest BCUT2D eigenvalue weighted by molar-refractivity contribution is 9.10. The lowest BCUT2D eigenvalue weighted by Gasteiger charge is -2.10. The van der Waals surface area contributed by atoms with Crippen LogP contribution in [0.5, 0.6) is 0 Å². The third-order valence-electron chi connectivity index (χ3n) is 3.92. The molecule has 1 N–H and O–H groups in total. The van der Waals surface area contributed by atoms with E-state index >= 15 is 0 Å². The van der Waals surface area contributed by atoms with Crippen LogP contribution < -0.4 is 9.29 Å². The molecule has 2 aromatic heterocycles. The molecule has 7 nitrogen and oxygen atoms in total. The Morgan fingerprint density at radius 1 is 1.04 bits per heavy atom. The van der Waals surface area contributed by atoms with E-state index in [1.54, 1.807) is 35.3 Å². The number of sulfonamides is 1. The minimum Gasteiger partial charge on any atom is -0.258 e. The molecule has 136 valence electrons. The van der Waals surface area contributed by atoms with Gasteiger partial charge in [-0.25, -0.2) is 23.0 Å². The summed E-state index contributed by atoms with van der Waals surface area (Å²) in [6.07, 6.45) is 5.41. The number of aryl methyl sites for hydroxylation is 1. The second-order valence-corrected chi connectivity index (χ2v) is 8.53. The van der Waals surface area contributed by atoms with E-state index in [1.165, 1.54) is 12.1 Å². The molecule has 0 aliphatic rings. The Bertz CT molecular complexity index is 1240. The lowest BCUT2D eigenvalue weighted by Crippen LogP contribution is -2.24. The minimum atomic E-state index is -3.82. The zero-order chi connectivity index (χ0) is 19.0. The van der Waals surface area contributed by atoms with Crippen LogP contribution in [0.15, 0.2) is 76.6 Å². The van der Waals surface area contributed by atoms with E-state index in [0.29, 0.717) is 16.9 Å². The number of benzene rings is 2. The molecule has 0 fully saturated rings. The van der Waals surface area contributed by atoms with Crippen molar-refractivity contribution in [3.63, 3.8) is 0 Å². The number of halogens is 1. The van der Waals surface area contributed by atoms with Crippen molar-refractivity contribution in [1.82, 2.24) is 14.5 Å². The van der Waals surface area contributed by atoms with Crippen LogP contribution in [0.2, 0.25) is 0 Å². The molecule has 0 spiro atoms. The second-order valence-electron chi connectivity index (χ2n) is 5.93. The fourth-order valence-electron chi connectivity index (χ4n) is 2.61. The van der Waals surface area contributed by atoms with Crippen LogP contribution in [0.4, 0.5) is 5.82 Å². The van der Waals surface area contributed by atoms with Crippen LogP contribution in [0.3, 0.4) is 0 Å². The van der Waals surface area contributed by atoms with Crippen LogP contribution in [0.1, 0.15) is 0 Å². The number of para-hydroxylation sites is 2. The smallest absolute Gasteiger partial charge is 0.258 e. The van der Waals surface area contributed by atoms with Crippen molar-refractivity contribution in [3.05, 3.63) is 71.7 Å². The van der Waals surface area contributed by atoms with Gasteiger partial charge in [-0.2, -0.15) is 4.57 Å². The lowest BCUT2D eigenvalue weighted by molar-refractivity contribution is -0.670. The number of aromatic nitrogens is 4. The molecule has 0 aliphatic heterocycles. The molecule has 4 rings (SSSR count). The molecule has 0 radical (unpaired) electrons. The summed E-state index contributed by atoms with van der Waals surface area (Å²) in [7, 11) is -1.94. The second kappa shape index (κ2) is 6.75. The minimum absolute atomic E-state index is 0.143. The maximum Gasteiger partial charge on any atom is 0.270 e. The molecule has 2 heterocycles. The molecule has 0 bridgehead atoms. The highest BCUT2D eigenvalue weighted by Gasteiger charge is 2.22. The molecular formula is C18H15BrN5O2S+. The number of nitrogens with one attached hydrogen (secondary N) is 1. The summed E-state index contributed by atoms with van der Waals surface area (Å²) in [6.45, 7) is 0. The normalized spacial score (nSPS) is 11.6. The predicted octanol–water partition coefficient (Wildman–Crippen LogP) is 2.81. The van der Waals surface area contributed by atoms with Crippen molar-refractivity contribution in [2.45, 2.75) is 4.90 Å². The van der Waals surface area contributed by atoms with Crippen molar-refractivity contribution < 1.29 is 13.0 Å². The van der Waals surface area contributed by atoms with Gasteiger partial charge in [0.25, 0.3) is 15.8 Å². The number of hydrogen-bond donors (Lipinski definition) is 1. The Morgan fingerprint density at radius 2 is 1.70 bits per heavy atom. The van der Waals surface area contributed by atoms with Crippen LogP contribution >= 0.6 is 15.9 Å². The Morgan fingerprint density at radius 3 is 2.33 bits per heavy atom. The quantitative estimate of drug-likeness (QED) is 0.490. The van der Waals surface area contributed by atoms with Gasteiger partial charge in [-0.15, -0.1) is 0 Å². The third kappa shape index (κ3) is 3.56. The van der Waals surface area contributed by atoms with E-state index in [-0.39, 0.29) is 10.7 Å². The van der Waals surface area contributed by atoms with Gasteiger partial charge in [0.05, 0.1) is 23.0 Å². The monoisotopic (exact) mass is 444 g/mol. The van der Waals surface area contributed by atoms with Gasteiger partial charge in [0.2, 0.25) is 12.1 Å². The number of fused-ring (bicyclic) bond motifs is 1. The first-order valence-electron chi connectivity index (χ1n) is 8.01. The van der Waals surface area contributed by atoms with Crippen molar-refractivity contribution >= 4 is 42.8 Å². The fourth-order valence-corrected chi connectivity index (χ4v) is 3.88. The number of anilines is 1. The number of rotatable bonds is 4. The molecule has 0 saturated heterocycles. The van der Waals surface area contributed by atoms with Gasteiger partial charge in [0, 0.05) is 4.47 Å². The van der Waals surface area contributed by atoms with Crippen molar-refractivity contribution in [3.8, 4) is 5.82 Å². The molecule has 4 aromatic rings. The fraction of sp³-hybridized carbons (Fsp3) is 0.0556.